The van der Waals surface area contributed by atoms with Crippen molar-refractivity contribution in [1.82, 2.24) is 5.32 Å². The Morgan fingerprint density at radius 2 is 2.29 bits per heavy atom. The molecule has 0 aliphatic carbocycles. The molecule has 0 spiro atoms. The zero-order valence-corrected chi connectivity index (χ0v) is 11.3. The molecule has 1 unspecified atom stereocenters. The number of aliphatic hydroxyl groups is 1. The highest BCUT2D eigenvalue weighted by Gasteiger charge is 2.06. The minimum absolute atomic E-state index is 0.151. The Labute approximate surface area is 109 Å². The third kappa shape index (κ3) is 5.48. The summed E-state index contributed by atoms with van der Waals surface area (Å²) >= 11 is 3.06. The van der Waals surface area contributed by atoms with Crippen LogP contribution in [0.1, 0.15) is 13.3 Å². The number of nitrogens with one attached hydrogen (secondary N) is 1. The van der Waals surface area contributed by atoms with Crippen LogP contribution >= 0.6 is 15.9 Å². The van der Waals surface area contributed by atoms with Crippen LogP contribution in [0, 0.1) is 5.82 Å². The zero-order valence-electron chi connectivity index (χ0n) is 9.75. The Bertz CT molecular complexity index is 349. The van der Waals surface area contributed by atoms with Gasteiger partial charge >= 0.3 is 0 Å². The molecule has 0 aliphatic rings. The normalized spacial score (nSPS) is 12.5. The van der Waals surface area contributed by atoms with Gasteiger partial charge in [0.05, 0.1) is 4.47 Å². The highest BCUT2D eigenvalue weighted by molar-refractivity contribution is 9.10. The van der Waals surface area contributed by atoms with Gasteiger partial charge in [0.15, 0.2) is 0 Å². The van der Waals surface area contributed by atoms with Gasteiger partial charge in [-0.2, -0.15) is 0 Å². The van der Waals surface area contributed by atoms with E-state index in [0.717, 1.165) is 13.0 Å². The van der Waals surface area contributed by atoms with Gasteiger partial charge in [0.2, 0.25) is 0 Å². The lowest BCUT2D eigenvalue weighted by Gasteiger charge is -2.13. The first-order valence-electron chi connectivity index (χ1n) is 5.60. The monoisotopic (exact) mass is 305 g/mol. The molecular weight excluding hydrogens is 289 g/mol. The van der Waals surface area contributed by atoms with E-state index in [-0.39, 0.29) is 12.4 Å². The lowest BCUT2D eigenvalue weighted by Crippen LogP contribution is -2.31. The molecule has 1 aromatic rings. The molecule has 0 fully saturated rings. The fourth-order valence-electron chi connectivity index (χ4n) is 1.26. The fourth-order valence-corrected chi connectivity index (χ4v) is 1.51. The van der Waals surface area contributed by atoms with Crippen LogP contribution in [-0.4, -0.2) is 30.9 Å². The van der Waals surface area contributed by atoms with Crippen LogP contribution in [0.25, 0.3) is 0 Å². The molecule has 3 nitrogen and oxygen atoms in total. The maximum atomic E-state index is 13.2. The largest absolute Gasteiger partial charge is 0.491 e. The zero-order chi connectivity index (χ0) is 12.7. The van der Waals surface area contributed by atoms with Gasteiger partial charge in [-0.25, -0.2) is 4.39 Å². The number of ether oxygens (including phenoxy) is 1. The predicted molar refractivity (Wildman–Crippen MR) is 68.8 cm³/mol. The van der Waals surface area contributed by atoms with E-state index in [1.54, 1.807) is 12.1 Å². The van der Waals surface area contributed by atoms with Crippen LogP contribution in [-0.2, 0) is 0 Å². The molecule has 0 heterocycles. The van der Waals surface area contributed by atoms with Crippen molar-refractivity contribution in [2.45, 2.75) is 19.4 Å². The van der Waals surface area contributed by atoms with Crippen molar-refractivity contribution in [1.29, 1.82) is 0 Å². The van der Waals surface area contributed by atoms with Crippen molar-refractivity contribution < 1.29 is 14.2 Å². The van der Waals surface area contributed by atoms with E-state index in [2.05, 4.69) is 28.2 Å². The molecule has 1 aromatic carbocycles. The molecule has 1 rings (SSSR count). The molecule has 96 valence electrons. The van der Waals surface area contributed by atoms with Crippen molar-refractivity contribution in [3.63, 3.8) is 0 Å². The van der Waals surface area contributed by atoms with Gasteiger partial charge in [-0.1, -0.05) is 6.92 Å². The highest BCUT2D eigenvalue weighted by atomic mass is 79.9. The Hall–Kier alpha value is -0.650. The SMILES string of the molecule is CCCNCC(O)COc1ccc(Br)c(F)c1. The molecule has 0 aromatic heterocycles. The maximum absolute atomic E-state index is 13.2. The lowest BCUT2D eigenvalue weighted by atomic mass is 10.3. The molecule has 0 saturated carbocycles. The molecule has 0 radical (unpaired) electrons. The number of rotatable bonds is 7. The minimum atomic E-state index is -0.590. The third-order valence-corrected chi connectivity index (χ3v) is 2.78. The Balaban J connectivity index is 2.31. The third-order valence-electron chi connectivity index (χ3n) is 2.14. The van der Waals surface area contributed by atoms with E-state index in [9.17, 15) is 9.50 Å². The van der Waals surface area contributed by atoms with Gasteiger partial charge in [-0.15, -0.1) is 0 Å². The van der Waals surface area contributed by atoms with Gasteiger partial charge < -0.3 is 15.2 Å². The summed E-state index contributed by atoms with van der Waals surface area (Å²) in [5.74, 6) is 0.0429. The van der Waals surface area contributed by atoms with Crippen molar-refractivity contribution in [2.24, 2.45) is 0 Å². The first kappa shape index (κ1) is 14.4. The first-order chi connectivity index (χ1) is 8.13. The summed E-state index contributed by atoms with van der Waals surface area (Å²) in [4.78, 5) is 0. The second kappa shape index (κ2) is 7.63. The molecule has 0 amide bonds. The first-order valence-corrected chi connectivity index (χ1v) is 6.39. The van der Waals surface area contributed by atoms with Gasteiger partial charge in [0.25, 0.3) is 0 Å². The number of halogens is 2. The Morgan fingerprint density at radius 1 is 1.53 bits per heavy atom. The molecule has 0 bridgehead atoms. The molecule has 0 aliphatic heterocycles. The topological polar surface area (TPSA) is 41.5 Å². The molecule has 0 saturated heterocycles. The Morgan fingerprint density at radius 3 is 2.94 bits per heavy atom. The van der Waals surface area contributed by atoms with Crippen molar-refractivity contribution in [3.05, 3.63) is 28.5 Å². The van der Waals surface area contributed by atoms with E-state index in [1.165, 1.54) is 6.07 Å². The van der Waals surface area contributed by atoms with Crippen LogP contribution in [0.5, 0.6) is 5.75 Å². The van der Waals surface area contributed by atoms with Crippen molar-refractivity contribution >= 4 is 15.9 Å². The van der Waals surface area contributed by atoms with Crippen LogP contribution in [0.3, 0.4) is 0 Å². The molecular formula is C12H17BrFNO2. The highest BCUT2D eigenvalue weighted by Crippen LogP contribution is 2.20. The average Bonchev–Trinajstić information content (AvgIpc) is 2.31. The van der Waals surface area contributed by atoms with Gasteiger partial charge in [-0.3, -0.25) is 0 Å². The Kier molecular flexibility index (Phi) is 6.47. The number of hydrogen-bond acceptors (Lipinski definition) is 3. The number of aliphatic hydroxyl groups excluding tert-OH is 1. The minimum Gasteiger partial charge on any atom is -0.491 e. The van der Waals surface area contributed by atoms with Crippen molar-refractivity contribution in [3.8, 4) is 5.75 Å². The van der Waals surface area contributed by atoms with E-state index >= 15 is 0 Å². The van der Waals surface area contributed by atoms with Crippen molar-refractivity contribution in [2.75, 3.05) is 19.7 Å². The standard InChI is InChI=1S/C12H17BrFNO2/c1-2-5-15-7-9(16)8-17-10-3-4-11(13)12(14)6-10/h3-4,6,9,15-16H,2,5,7-8H2,1H3. The molecule has 2 N–H and O–H groups in total. The molecule has 5 heteroatoms. The van der Waals surface area contributed by atoms with E-state index in [4.69, 9.17) is 4.74 Å². The summed E-state index contributed by atoms with van der Waals surface area (Å²) < 4.78 is 18.8. The van der Waals surface area contributed by atoms with Crippen LogP contribution < -0.4 is 10.1 Å². The van der Waals surface area contributed by atoms with E-state index in [0.29, 0.717) is 16.8 Å². The predicted octanol–water partition coefficient (Wildman–Crippen LogP) is 2.33. The summed E-state index contributed by atoms with van der Waals surface area (Å²) in [6, 6.07) is 4.52. The smallest absolute Gasteiger partial charge is 0.141 e. The van der Waals surface area contributed by atoms with Gasteiger partial charge in [0, 0.05) is 12.6 Å². The van der Waals surface area contributed by atoms with Crippen LogP contribution in [0.4, 0.5) is 4.39 Å². The average molecular weight is 306 g/mol. The quantitative estimate of drug-likeness (QED) is 0.760. The second-order valence-electron chi connectivity index (χ2n) is 3.74. The summed E-state index contributed by atoms with van der Waals surface area (Å²) in [5, 5.41) is 12.7. The van der Waals surface area contributed by atoms with Gasteiger partial charge in [0.1, 0.15) is 24.3 Å². The van der Waals surface area contributed by atoms with Crippen LogP contribution in [0.15, 0.2) is 22.7 Å². The summed E-state index contributed by atoms with van der Waals surface area (Å²) in [6.45, 7) is 3.55. The fraction of sp³-hybridized carbons (Fsp3) is 0.500. The number of hydrogen-bond donors (Lipinski definition) is 2. The second-order valence-corrected chi connectivity index (χ2v) is 4.60. The maximum Gasteiger partial charge on any atom is 0.141 e. The van der Waals surface area contributed by atoms with E-state index in [1.807, 2.05) is 0 Å². The summed E-state index contributed by atoms with van der Waals surface area (Å²) in [7, 11) is 0. The van der Waals surface area contributed by atoms with E-state index < -0.39 is 6.10 Å². The van der Waals surface area contributed by atoms with Gasteiger partial charge in [-0.05, 0) is 41.0 Å². The van der Waals surface area contributed by atoms with Crippen LogP contribution in [0.2, 0.25) is 0 Å². The molecule has 17 heavy (non-hydrogen) atoms. The summed E-state index contributed by atoms with van der Waals surface area (Å²) in [6.07, 6.45) is 0.430. The molecule has 1 atom stereocenters. The summed E-state index contributed by atoms with van der Waals surface area (Å²) in [5.41, 5.74) is 0. The number of benzene rings is 1. The lowest BCUT2D eigenvalue weighted by molar-refractivity contribution is 0.106.